The standard InChI is InChI=1S/C33H38N6O3S/c1-7-9-25(43-16-8-2)19-39(5)22(4)26-15-13-24(18-34-26)31-21(3)10-14-27(32(31)42-6)35-28-17-30(38-37-29(28)20-40)36-33(41)23-11-12-23/h8-10,13-18,20,23H,4,7,11-12,19H2,1-3,5-6H3,(H2,35,36,38,41)/b16-8-,25-9+. The number of carbonyl (C=O) groups excluding carboxylic acids is 2. The first kappa shape index (κ1) is 31.5. The summed E-state index contributed by atoms with van der Waals surface area (Å²) in [5.41, 5.74) is 5.47. The lowest BCUT2D eigenvalue weighted by molar-refractivity contribution is -0.117. The Morgan fingerprint density at radius 2 is 2.00 bits per heavy atom. The molecule has 4 rings (SSSR count). The number of aldehydes is 1. The molecule has 43 heavy (non-hydrogen) atoms. The van der Waals surface area contributed by atoms with Crippen molar-refractivity contribution in [1.82, 2.24) is 20.1 Å². The molecule has 1 fully saturated rings. The van der Waals surface area contributed by atoms with Crippen molar-refractivity contribution in [3.05, 3.63) is 82.5 Å². The van der Waals surface area contributed by atoms with Crippen LogP contribution in [0.3, 0.4) is 0 Å². The van der Waals surface area contributed by atoms with Crippen LogP contribution in [0.25, 0.3) is 16.8 Å². The molecule has 0 bridgehead atoms. The summed E-state index contributed by atoms with van der Waals surface area (Å²) in [4.78, 5) is 32.1. The highest BCUT2D eigenvalue weighted by atomic mass is 32.2. The van der Waals surface area contributed by atoms with Gasteiger partial charge in [0.15, 0.2) is 12.1 Å². The molecule has 0 saturated heterocycles. The average Bonchev–Trinajstić information content (AvgIpc) is 3.86. The number of pyridine rings is 1. The highest BCUT2D eigenvalue weighted by Crippen LogP contribution is 2.41. The van der Waals surface area contributed by atoms with Crippen molar-refractivity contribution in [3.8, 4) is 16.9 Å². The maximum atomic E-state index is 12.2. The van der Waals surface area contributed by atoms with Crippen molar-refractivity contribution >= 4 is 46.8 Å². The zero-order valence-corrected chi connectivity index (χ0v) is 26.1. The first-order valence-corrected chi connectivity index (χ1v) is 15.1. The van der Waals surface area contributed by atoms with Crippen LogP contribution in [-0.2, 0) is 4.79 Å². The quantitative estimate of drug-likeness (QED) is 0.186. The molecule has 1 aliphatic rings. The van der Waals surface area contributed by atoms with Crippen LogP contribution >= 0.6 is 11.8 Å². The number of hydrogen-bond acceptors (Lipinski definition) is 9. The van der Waals surface area contributed by atoms with Gasteiger partial charge in [-0.05, 0) is 56.2 Å². The van der Waals surface area contributed by atoms with Crippen molar-refractivity contribution in [2.45, 2.75) is 40.0 Å². The molecule has 1 aliphatic carbocycles. The molecular weight excluding hydrogens is 560 g/mol. The minimum atomic E-state index is -0.0930. The SMILES string of the molecule is C=C(c1ccc(-c2c(C)ccc(Nc3cc(NC(=O)C4CC4)nnc3C=O)c2OC)cn1)N(C)C/C(=C\CC)S/C=C\C. The number of ether oxygens (including phenoxy) is 1. The Balaban J connectivity index is 1.58. The number of nitrogens with zero attached hydrogens (tertiary/aromatic N) is 4. The lowest BCUT2D eigenvalue weighted by Crippen LogP contribution is -2.18. The van der Waals surface area contributed by atoms with Gasteiger partial charge >= 0.3 is 0 Å². The summed E-state index contributed by atoms with van der Waals surface area (Å²) in [6.07, 6.45) is 9.40. The molecule has 1 amide bonds. The number of carbonyl (C=O) groups is 2. The first-order chi connectivity index (χ1) is 20.8. The Bertz CT molecular complexity index is 1550. The number of methoxy groups -OCH3 is 1. The van der Waals surface area contributed by atoms with Crippen molar-refractivity contribution in [2.24, 2.45) is 5.92 Å². The van der Waals surface area contributed by atoms with E-state index in [9.17, 15) is 9.59 Å². The van der Waals surface area contributed by atoms with E-state index in [2.05, 4.69) is 50.7 Å². The van der Waals surface area contributed by atoms with Crippen LogP contribution in [0.4, 0.5) is 17.2 Å². The summed E-state index contributed by atoms with van der Waals surface area (Å²) in [6, 6.07) is 9.41. The number of benzene rings is 1. The summed E-state index contributed by atoms with van der Waals surface area (Å²) < 4.78 is 5.88. The van der Waals surface area contributed by atoms with Gasteiger partial charge in [-0.15, -0.1) is 22.0 Å². The third-order valence-corrected chi connectivity index (χ3v) is 7.97. The van der Waals surface area contributed by atoms with E-state index in [1.807, 2.05) is 57.4 Å². The number of rotatable bonds is 14. The van der Waals surface area contributed by atoms with Crippen molar-refractivity contribution in [3.63, 3.8) is 0 Å². The number of aromatic nitrogens is 3. The largest absolute Gasteiger partial charge is 0.494 e. The molecule has 224 valence electrons. The summed E-state index contributed by atoms with van der Waals surface area (Å²) in [5.74, 6) is 0.778. The smallest absolute Gasteiger partial charge is 0.228 e. The maximum absolute atomic E-state index is 12.2. The second-order valence-electron chi connectivity index (χ2n) is 10.3. The Labute approximate surface area is 257 Å². The molecule has 2 N–H and O–H groups in total. The van der Waals surface area contributed by atoms with Crippen molar-refractivity contribution < 1.29 is 14.3 Å². The molecule has 0 spiro atoms. The van der Waals surface area contributed by atoms with Gasteiger partial charge in [0.2, 0.25) is 5.91 Å². The fourth-order valence-corrected chi connectivity index (χ4v) is 5.33. The molecule has 1 saturated carbocycles. The fourth-order valence-electron chi connectivity index (χ4n) is 4.49. The third kappa shape index (κ3) is 7.90. The Morgan fingerprint density at radius 3 is 2.63 bits per heavy atom. The lowest BCUT2D eigenvalue weighted by Gasteiger charge is -2.23. The zero-order chi connectivity index (χ0) is 30.9. The van der Waals surface area contributed by atoms with E-state index < -0.39 is 0 Å². The van der Waals surface area contributed by atoms with Gasteiger partial charge in [0, 0.05) is 47.8 Å². The number of amides is 1. The lowest BCUT2D eigenvalue weighted by atomic mass is 9.99. The highest BCUT2D eigenvalue weighted by Gasteiger charge is 2.30. The Kier molecular flexibility index (Phi) is 10.7. The minimum Gasteiger partial charge on any atom is -0.494 e. The van der Waals surface area contributed by atoms with Crippen LogP contribution in [0, 0.1) is 12.8 Å². The molecule has 0 unspecified atom stereocenters. The Hall–Kier alpha value is -4.44. The van der Waals surface area contributed by atoms with Gasteiger partial charge < -0.3 is 20.3 Å². The maximum Gasteiger partial charge on any atom is 0.228 e. The monoisotopic (exact) mass is 598 g/mol. The molecule has 0 atom stereocenters. The molecule has 0 radical (unpaired) electrons. The van der Waals surface area contributed by atoms with Gasteiger partial charge in [0.25, 0.3) is 0 Å². The number of nitrogens with one attached hydrogen (secondary N) is 2. The van der Waals surface area contributed by atoms with Gasteiger partial charge in [-0.2, -0.15) is 0 Å². The third-order valence-electron chi connectivity index (χ3n) is 6.96. The molecule has 3 aromatic rings. The van der Waals surface area contributed by atoms with E-state index in [0.29, 0.717) is 23.4 Å². The van der Waals surface area contributed by atoms with E-state index in [-0.39, 0.29) is 23.3 Å². The van der Waals surface area contributed by atoms with Crippen LogP contribution in [0.15, 0.2) is 65.6 Å². The number of aryl methyl sites for hydroxylation is 1. The van der Waals surface area contributed by atoms with Crippen LogP contribution in [0.5, 0.6) is 5.75 Å². The molecule has 1 aromatic carbocycles. The summed E-state index contributed by atoms with van der Waals surface area (Å²) in [5, 5.41) is 16.1. The van der Waals surface area contributed by atoms with Crippen LogP contribution in [0.1, 0.15) is 54.9 Å². The molecule has 0 aliphatic heterocycles. The number of anilines is 3. The van der Waals surface area contributed by atoms with Crippen LogP contribution < -0.4 is 15.4 Å². The fraction of sp³-hybridized carbons (Fsp3) is 0.303. The molecule has 10 heteroatoms. The molecule has 9 nitrogen and oxygen atoms in total. The van der Waals surface area contributed by atoms with Gasteiger partial charge in [-0.25, -0.2) is 0 Å². The topological polar surface area (TPSA) is 109 Å². The molecular formula is C33H38N6O3S. The van der Waals surface area contributed by atoms with Gasteiger partial charge in [0.05, 0.1) is 29.9 Å². The molecule has 2 heterocycles. The van der Waals surface area contributed by atoms with Crippen molar-refractivity contribution in [1.29, 1.82) is 0 Å². The highest BCUT2D eigenvalue weighted by molar-refractivity contribution is 8.05. The first-order valence-electron chi connectivity index (χ1n) is 14.2. The van der Waals surface area contributed by atoms with E-state index in [4.69, 9.17) is 9.72 Å². The average molecular weight is 599 g/mol. The normalized spacial score (nSPS) is 13.1. The van der Waals surface area contributed by atoms with Crippen molar-refractivity contribution in [2.75, 3.05) is 31.3 Å². The predicted octanol–water partition coefficient (Wildman–Crippen LogP) is 7.22. The van der Waals surface area contributed by atoms with E-state index in [1.54, 1.807) is 24.9 Å². The van der Waals surface area contributed by atoms with E-state index in [0.717, 1.165) is 53.9 Å². The second kappa shape index (κ2) is 14.6. The minimum absolute atomic E-state index is 0.0128. The summed E-state index contributed by atoms with van der Waals surface area (Å²) in [6.45, 7) is 11.2. The van der Waals surface area contributed by atoms with Gasteiger partial charge in [-0.3, -0.25) is 14.6 Å². The summed E-state index contributed by atoms with van der Waals surface area (Å²) in [7, 11) is 3.62. The number of allylic oxidation sites excluding steroid dienone is 2. The van der Waals surface area contributed by atoms with E-state index in [1.165, 1.54) is 4.91 Å². The van der Waals surface area contributed by atoms with Crippen LogP contribution in [-0.4, -0.2) is 53.0 Å². The number of thioether (sulfide) groups is 1. The Morgan fingerprint density at radius 1 is 1.21 bits per heavy atom. The van der Waals surface area contributed by atoms with Gasteiger partial charge in [0.1, 0.15) is 11.4 Å². The van der Waals surface area contributed by atoms with Gasteiger partial charge in [-0.1, -0.05) is 37.8 Å². The van der Waals surface area contributed by atoms with Crippen LogP contribution in [0.2, 0.25) is 0 Å². The number of hydrogen-bond donors (Lipinski definition) is 2. The second-order valence-corrected chi connectivity index (χ2v) is 11.3. The predicted molar refractivity (Wildman–Crippen MR) is 175 cm³/mol. The molecule has 2 aromatic heterocycles. The number of likely N-dealkylation sites (N-methyl/N-ethyl adjacent to an activating group) is 1. The zero-order valence-electron chi connectivity index (χ0n) is 25.3. The van der Waals surface area contributed by atoms with E-state index >= 15 is 0 Å². The summed E-state index contributed by atoms with van der Waals surface area (Å²) >= 11 is 1.72.